The van der Waals surface area contributed by atoms with Gasteiger partial charge in [-0.2, -0.15) is 0 Å². The Hall–Kier alpha value is -1.31. The van der Waals surface area contributed by atoms with Crippen LogP contribution in [0.3, 0.4) is 0 Å². The summed E-state index contributed by atoms with van der Waals surface area (Å²) < 4.78 is 21.4. The molecule has 16 heavy (non-hydrogen) atoms. The van der Waals surface area contributed by atoms with Crippen molar-refractivity contribution in [3.8, 4) is 0 Å². The highest BCUT2D eigenvalue weighted by molar-refractivity contribution is 7.69. The zero-order valence-electron chi connectivity index (χ0n) is 8.31. The van der Waals surface area contributed by atoms with Crippen molar-refractivity contribution in [2.45, 2.75) is 6.42 Å². The highest BCUT2D eigenvalue weighted by atomic mass is 32.2. The lowest BCUT2D eigenvalue weighted by Gasteiger charge is -1.94. The van der Waals surface area contributed by atoms with Gasteiger partial charge in [0.25, 0.3) is 0 Å². The van der Waals surface area contributed by atoms with Crippen LogP contribution in [0.25, 0.3) is 0 Å². The molecular formula is C9H11N3O2S2. The highest BCUT2D eigenvalue weighted by Gasteiger charge is 1.96. The summed E-state index contributed by atoms with van der Waals surface area (Å²) in [7, 11) is -2.62. The van der Waals surface area contributed by atoms with Gasteiger partial charge in [-0.15, -0.1) is 5.10 Å². The topological polar surface area (TPSA) is 85.9 Å². The van der Waals surface area contributed by atoms with E-state index in [1.807, 2.05) is 23.6 Å². The average molecular weight is 257 g/mol. The number of aromatic nitrogens is 2. The molecule has 1 aromatic carbocycles. The second-order valence-corrected chi connectivity index (χ2v) is 4.02. The minimum atomic E-state index is -2.62. The van der Waals surface area contributed by atoms with Gasteiger partial charge in [-0.05, 0) is 17.1 Å². The Labute approximate surface area is 99.2 Å². The molecule has 0 fully saturated rings. The van der Waals surface area contributed by atoms with Crippen molar-refractivity contribution in [1.82, 2.24) is 9.59 Å². The van der Waals surface area contributed by atoms with Crippen molar-refractivity contribution >= 4 is 22.4 Å². The van der Waals surface area contributed by atoms with Gasteiger partial charge in [-0.1, -0.05) is 34.8 Å². The second kappa shape index (κ2) is 7.04. The van der Waals surface area contributed by atoms with E-state index < -0.39 is 10.9 Å². The van der Waals surface area contributed by atoms with E-state index in [2.05, 4.69) is 26.9 Å². The molecule has 0 bridgehead atoms. The molecule has 7 heteroatoms. The van der Waals surface area contributed by atoms with Gasteiger partial charge in [-0.25, -0.2) is 13.6 Å². The largest absolute Gasteiger partial charge is 0.231 e. The first-order valence-corrected chi connectivity index (χ1v) is 6.45. The molecule has 0 saturated heterocycles. The Morgan fingerprint density at radius 3 is 2.38 bits per heavy atom. The summed E-state index contributed by atoms with van der Waals surface area (Å²) in [5.41, 5.74) is 2.33. The van der Waals surface area contributed by atoms with Gasteiger partial charge in [0.05, 0.1) is 5.69 Å². The summed E-state index contributed by atoms with van der Waals surface area (Å²) in [6.45, 7) is 0. The van der Waals surface area contributed by atoms with E-state index in [0.29, 0.717) is 0 Å². The van der Waals surface area contributed by atoms with E-state index >= 15 is 0 Å². The Kier molecular flexibility index (Phi) is 5.62. The molecule has 0 amide bonds. The molecule has 2 aromatic rings. The molecule has 0 atom stereocenters. The van der Waals surface area contributed by atoms with Gasteiger partial charge in [0.1, 0.15) is 0 Å². The van der Waals surface area contributed by atoms with E-state index in [-0.39, 0.29) is 0 Å². The van der Waals surface area contributed by atoms with Crippen LogP contribution in [-0.2, 0) is 17.3 Å². The predicted octanol–water partition coefficient (Wildman–Crippen LogP) is 0.600. The van der Waals surface area contributed by atoms with E-state index in [1.54, 1.807) is 0 Å². The SMILES string of the molecule is N[SH](=O)=O.c1ccc(Cc2csnn2)cc1. The van der Waals surface area contributed by atoms with Gasteiger partial charge in [-0.3, -0.25) is 0 Å². The minimum absolute atomic E-state index is 0.886. The fourth-order valence-electron chi connectivity index (χ4n) is 1.07. The van der Waals surface area contributed by atoms with Crippen molar-refractivity contribution < 1.29 is 8.42 Å². The summed E-state index contributed by atoms with van der Waals surface area (Å²) in [4.78, 5) is 0. The van der Waals surface area contributed by atoms with Crippen molar-refractivity contribution in [2.24, 2.45) is 5.14 Å². The molecule has 2 N–H and O–H groups in total. The van der Waals surface area contributed by atoms with Crippen molar-refractivity contribution in [1.29, 1.82) is 0 Å². The lowest BCUT2D eigenvalue weighted by Crippen LogP contribution is -1.86. The molecule has 0 spiro atoms. The standard InChI is InChI=1S/C9H8N2S.H3NO2S/c1-2-4-8(5-3-1)6-9-7-12-11-10-9;1-4(2)3/h1-5,7H,6H2;4H,(H2,1,2,3). The van der Waals surface area contributed by atoms with Crippen LogP contribution in [0.2, 0.25) is 0 Å². The molecule has 0 aliphatic carbocycles. The fraction of sp³-hybridized carbons (Fsp3) is 0.111. The number of nitrogens with two attached hydrogens (primary N) is 1. The molecule has 0 radical (unpaired) electrons. The maximum Gasteiger partial charge on any atom is 0.198 e. The van der Waals surface area contributed by atoms with Crippen LogP contribution in [-0.4, -0.2) is 18.0 Å². The first-order chi connectivity index (χ1) is 7.68. The number of hydrogen-bond acceptors (Lipinski definition) is 5. The normalized spacial score (nSPS) is 9.62. The summed E-state index contributed by atoms with van der Waals surface area (Å²) in [5.74, 6) is 0. The molecule has 86 valence electrons. The quantitative estimate of drug-likeness (QED) is 0.771. The third-order valence-corrected chi connectivity index (χ3v) is 2.19. The molecule has 0 aliphatic rings. The Bertz CT molecular complexity index is 461. The molecule has 1 aromatic heterocycles. The third kappa shape index (κ3) is 5.54. The van der Waals surface area contributed by atoms with Crippen molar-refractivity contribution in [2.75, 3.05) is 0 Å². The summed E-state index contributed by atoms with van der Waals surface area (Å²) in [5, 5.41) is 10.0. The van der Waals surface area contributed by atoms with Gasteiger partial charge in [0, 0.05) is 11.8 Å². The summed E-state index contributed by atoms with van der Waals surface area (Å²) in [6, 6.07) is 10.3. The van der Waals surface area contributed by atoms with Crippen LogP contribution in [0.5, 0.6) is 0 Å². The number of hydrogen-bond donors (Lipinski definition) is 2. The van der Waals surface area contributed by atoms with E-state index in [4.69, 9.17) is 8.42 Å². The molecule has 1 heterocycles. The van der Waals surface area contributed by atoms with Crippen LogP contribution in [0.4, 0.5) is 0 Å². The molecule has 0 saturated carbocycles. The molecular weight excluding hydrogens is 246 g/mol. The Morgan fingerprint density at radius 1 is 1.25 bits per heavy atom. The van der Waals surface area contributed by atoms with Crippen molar-refractivity contribution in [3.63, 3.8) is 0 Å². The smallest absolute Gasteiger partial charge is 0.198 e. The molecule has 5 nitrogen and oxygen atoms in total. The zero-order chi connectivity index (χ0) is 11.8. The van der Waals surface area contributed by atoms with Crippen LogP contribution >= 0.6 is 11.5 Å². The molecule has 0 aliphatic heterocycles. The summed E-state index contributed by atoms with van der Waals surface area (Å²) in [6.07, 6.45) is 0.886. The van der Waals surface area contributed by atoms with Crippen LogP contribution in [0, 0.1) is 0 Å². The van der Waals surface area contributed by atoms with Gasteiger partial charge in [0.15, 0.2) is 10.9 Å². The maximum absolute atomic E-state index is 8.81. The number of nitrogens with zero attached hydrogens (tertiary/aromatic N) is 2. The van der Waals surface area contributed by atoms with Crippen molar-refractivity contribution in [3.05, 3.63) is 47.0 Å². The van der Waals surface area contributed by atoms with E-state index in [0.717, 1.165) is 12.1 Å². The first kappa shape index (κ1) is 12.8. The van der Waals surface area contributed by atoms with Crippen LogP contribution < -0.4 is 5.14 Å². The first-order valence-electron chi connectivity index (χ1n) is 4.37. The number of thiol groups is 1. The number of benzene rings is 1. The average Bonchev–Trinajstić information content (AvgIpc) is 2.71. The van der Waals surface area contributed by atoms with Crippen LogP contribution in [0.15, 0.2) is 35.7 Å². The van der Waals surface area contributed by atoms with Gasteiger partial charge in [0.2, 0.25) is 0 Å². The fourth-order valence-corrected chi connectivity index (χ4v) is 1.52. The summed E-state index contributed by atoms with van der Waals surface area (Å²) >= 11 is 1.40. The molecule has 2 rings (SSSR count). The second-order valence-electron chi connectivity index (χ2n) is 2.84. The third-order valence-electron chi connectivity index (χ3n) is 1.63. The lowest BCUT2D eigenvalue weighted by molar-refractivity contribution is 0.616. The Morgan fingerprint density at radius 2 is 1.88 bits per heavy atom. The lowest BCUT2D eigenvalue weighted by atomic mass is 10.1. The Balaban J connectivity index is 0.000000280. The van der Waals surface area contributed by atoms with E-state index in [9.17, 15) is 0 Å². The zero-order valence-corrected chi connectivity index (χ0v) is 10.0. The van der Waals surface area contributed by atoms with Crippen LogP contribution in [0.1, 0.15) is 11.3 Å². The molecule has 0 unspecified atom stereocenters. The van der Waals surface area contributed by atoms with Gasteiger partial charge < -0.3 is 0 Å². The van der Waals surface area contributed by atoms with E-state index in [1.165, 1.54) is 17.1 Å². The highest BCUT2D eigenvalue weighted by Crippen LogP contribution is 2.06. The predicted molar refractivity (Wildman–Crippen MR) is 63.7 cm³/mol. The number of rotatable bonds is 2. The van der Waals surface area contributed by atoms with Gasteiger partial charge >= 0.3 is 0 Å². The minimum Gasteiger partial charge on any atom is -0.231 e. The maximum atomic E-state index is 8.81. The monoisotopic (exact) mass is 257 g/mol.